The van der Waals surface area contributed by atoms with Crippen molar-refractivity contribution >= 4 is 17.8 Å². The van der Waals surface area contributed by atoms with Crippen LogP contribution in [0.4, 0.5) is 0 Å². The molecule has 0 unspecified atom stereocenters. The third-order valence-electron chi connectivity index (χ3n) is 2.15. The molecule has 1 amide bonds. The first-order chi connectivity index (χ1) is 7.33. The first kappa shape index (κ1) is 8.16. The maximum absolute atomic E-state index is 10.9. The number of amidine groups is 1. The van der Waals surface area contributed by atoms with E-state index >= 15 is 0 Å². The van der Waals surface area contributed by atoms with Crippen LogP contribution in [0.15, 0.2) is 40.4 Å². The minimum absolute atomic E-state index is 0.172. The number of nitrogens with zero attached hydrogens (tertiary/aromatic N) is 3. The molecule has 2 aliphatic rings. The van der Waals surface area contributed by atoms with E-state index in [1.54, 1.807) is 0 Å². The lowest BCUT2D eigenvalue weighted by molar-refractivity contribution is -0.117. The van der Waals surface area contributed by atoms with Crippen LogP contribution in [0.1, 0.15) is 5.56 Å². The van der Waals surface area contributed by atoms with Crippen molar-refractivity contribution in [3.05, 3.63) is 35.9 Å². The van der Waals surface area contributed by atoms with E-state index in [0.29, 0.717) is 5.90 Å². The number of benzene rings is 1. The summed E-state index contributed by atoms with van der Waals surface area (Å²) in [6.07, 6.45) is 0. The number of rotatable bonds is 1. The zero-order valence-corrected chi connectivity index (χ0v) is 7.75. The van der Waals surface area contributed by atoms with Crippen LogP contribution in [0.3, 0.4) is 0 Å². The molecule has 0 radical (unpaired) electrons. The fourth-order valence-corrected chi connectivity index (χ4v) is 1.46. The first-order valence-electron chi connectivity index (χ1n) is 4.54. The molecule has 74 valence electrons. The number of hydrazone groups is 1. The summed E-state index contributed by atoms with van der Waals surface area (Å²) in [5.41, 5.74) is 0.877. The number of aliphatic imine (C=N–C) groups is 1. The minimum atomic E-state index is -0.221. The molecule has 0 aliphatic carbocycles. The highest BCUT2D eigenvalue weighted by molar-refractivity contribution is 6.09. The number of fused-ring (bicyclic) bond motifs is 1. The van der Waals surface area contributed by atoms with Gasteiger partial charge in [-0.3, -0.25) is 4.79 Å². The normalized spacial score (nSPS) is 18.4. The molecule has 0 aromatic heterocycles. The topological polar surface area (TPSA) is 54.3 Å². The third kappa shape index (κ3) is 1.28. The van der Waals surface area contributed by atoms with Crippen molar-refractivity contribution in [2.24, 2.45) is 10.1 Å². The molecule has 0 saturated heterocycles. The van der Waals surface area contributed by atoms with Crippen LogP contribution in [0.2, 0.25) is 0 Å². The summed E-state index contributed by atoms with van der Waals surface area (Å²) < 4.78 is 5.35. The van der Waals surface area contributed by atoms with Crippen molar-refractivity contribution < 1.29 is 9.53 Å². The highest BCUT2D eigenvalue weighted by Crippen LogP contribution is 2.16. The Hall–Kier alpha value is -2.17. The van der Waals surface area contributed by atoms with Gasteiger partial charge in [0.2, 0.25) is 5.90 Å². The van der Waals surface area contributed by atoms with Crippen molar-refractivity contribution in [1.82, 2.24) is 5.01 Å². The Balaban J connectivity index is 1.91. The predicted molar refractivity (Wildman–Crippen MR) is 53.2 cm³/mol. The highest BCUT2D eigenvalue weighted by Gasteiger charge is 2.32. The largest absolute Gasteiger partial charge is 0.403 e. The molecule has 5 heteroatoms. The number of carbonyl (C=O) groups is 1. The lowest BCUT2D eigenvalue weighted by Gasteiger charge is -1.98. The van der Waals surface area contributed by atoms with Crippen molar-refractivity contribution in [3.63, 3.8) is 0 Å². The fraction of sp³-hybridized carbons (Fsp3) is 0.100. The van der Waals surface area contributed by atoms with Gasteiger partial charge in [0.25, 0.3) is 5.91 Å². The molecular weight excluding hydrogens is 194 g/mol. The van der Waals surface area contributed by atoms with E-state index < -0.39 is 0 Å². The zero-order valence-electron chi connectivity index (χ0n) is 7.75. The minimum Gasteiger partial charge on any atom is -0.403 e. The second-order valence-electron chi connectivity index (χ2n) is 3.22. The molecule has 5 nitrogen and oxygen atoms in total. The van der Waals surface area contributed by atoms with E-state index in [0.717, 1.165) is 5.56 Å². The molecule has 0 spiro atoms. The molecular formula is C10H7N3O2. The quantitative estimate of drug-likeness (QED) is 0.667. The van der Waals surface area contributed by atoms with Crippen molar-refractivity contribution in [2.45, 2.75) is 0 Å². The fourth-order valence-electron chi connectivity index (χ4n) is 1.46. The van der Waals surface area contributed by atoms with Gasteiger partial charge in [-0.15, -0.1) is 5.10 Å². The van der Waals surface area contributed by atoms with E-state index in [1.165, 1.54) is 5.01 Å². The van der Waals surface area contributed by atoms with Gasteiger partial charge in [-0.1, -0.05) is 18.2 Å². The standard InChI is InChI=1S/C10H7N3O2/c14-8-6-13-10(11-8)15-9(12-13)7-4-2-1-3-5-7/h1-5H,6H2. The SMILES string of the molecule is O=C1CN2N=C(c3ccccc3)OC2=N1. The van der Waals surface area contributed by atoms with Gasteiger partial charge in [0.15, 0.2) is 0 Å². The molecule has 0 N–H and O–H groups in total. The molecule has 15 heavy (non-hydrogen) atoms. The Morgan fingerprint density at radius 2 is 2.07 bits per heavy atom. The van der Waals surface area contributed by atoms with Gasteiger partial charge in [-0.05, 0) is 12.1 Å². The summed E-state index contributed by atoms with van der Waals surface area (Å²) in [5, 5.41) is 5.61. The Labute approximate surface area is 85.7 Å². The Kier molecular flexibility index (Phi) is 1.58. The van der Waals surface area contributed by atoms with E-state index in [2.05, 4.69) is 10.1 Å². The Bertz CT molecular complexity index is 479. The second-order valence-corrected chi connectivity index (χ2v) is 3.22. The average molecular weight is 201 g/mol. The van der Waals surface area contributed by atoms with Crippen molar-refractivity contribution in [3.8, 4) is 0 Å². The van der Waals surface area contributed by atoms with Crippen LogP contribution in [-0.4, -0.2) is 29.4 Å². The van der Waals surface area contributed by atoms with Gasteiger partial charge in [-0.25, -0.2) is 5.01 Å². The Morgan fingerprint density at radius 3 is 2.80 bits per heavy atom. The molecule has 0 fully saturated rings. The predicted octanol–water partition coefficient (Wildman–Crippen LogP) is 0.577. The second kappa shape index (κ2) is 2.91. The van der Waals surface area contributed by atoms with Gasteiger partial charge < -0.3 is 4.74 Å². The number of hydrogen-bond donors (Lipinski definition) is 0. The average Bonchev–Trinajstić information content (AvgIpc) is 2.76. The molecule has 0 saturated carbocycles. The first-order valence-corrected chi connectivity index (χ1v) is 4.54. The summed E-state index contributed by atoms with van der Waals surface area (Å²) in [7, 11) is 0. The van der Waals surface area contributed by atoms with Crippen LogP contribution < -0.4 is 0 Å². The van der Waals surface area contributed by atoms with E-state index in [-0.39, 0.29) is 18.5 Å². The third-order valence-corrected chi connectivity index (χ3v) is 2.15. The van der Waals surface area contributed by atoms with Crippen molar-refractivity contribution in [2.75, 3.05) is 6.54 Å². The maximum Gasteiger partial charge on any atom is 0.324 e. The summed E-state index contributed by atoms with van der Waals surface area (Å²) in [5.74, 6) is 0.266. The molecule has 0 bridgehead atoms. The highest BCUT2D eigenvalue weighted by atomic mass is 16.5. The van der Waals surface area contributed by atoms with Crippen LogP contribution in [-0.2, 0) is 9.53 Å². The van der Waals surface area contributed by atoms with Crippen LogP contribution in [0, 0.1) is 0 Å². The number of hydrogen-bond acceptors (Lipinski definition) is 4. The lowest BCUT2D eigenvalue weighted by Crippen LogP contribution is -2.18. The van der Waals surface area contributed by atoms with Gasteiger partial charge in [0, 0.05) is 5.56 Å². The van der Waals surface area contributed by atoms with Gasteiger partial charge in [-0.2, -0.15) is 4.99 Å². The Morgan fingerprint density at radius 1 is 1.27 bits per heavy atom. The van der Waals surface area contributed by atoms with E-state index in [1.807, 2.05) is 30.3 Å². The molecule has 1 aromatic rings. The van der Waals surface area contributed by atoms with E-state index in [9.17, 15) is 4.79 Å². The summed E-state index contributed by atoms with van der Waals surface area (Å²) in [4.78, 5) is 14.6. The molecule has 3 rings (SSSR count). The molecule has 1 aromatic carbocycles. The van der Waals surface area contributed by atoms with Gasteiger partial charge in [0.05, 0.1) is 0 Å². The van der Waals surface area contributed by atoms with E-state index in [4.69, 9.17) is 4.74 Å². The van der Waals surface area contributed by atoms with Crippen LogP contribution >= 0.6 is 0 Å². The molecule has 0 atom stereocenters. The maximum atomic E-state index is 10.9. The summed E-state index contributed by atoms with van der Waals surface area (Å²) in [6.45, 7) is 0.172. The number of carbonyl (C=O) groups excluding carboxylic acids is 1. The summed E-state index contributed by atoms with van der Waals surface area (Å²) >= 11 is 0. The van der Waals surface area contributed by atoms with Gasteiger partial charge >= 0.3 is 6.02 Å². The smallest absolute Gasteiger partial charge is 0.324 e. The monoisotopic (exact) mass is 201 g/mol. The molecule has 2 heterocycles. The molecule has 2 aliphatic heterocycles. The lowest BCUT2D eigenvalue weighted by atomic mass is 10.2. The van der Waals surface area contributed by atoms with Crippen LogP contribution in [0.5, 0.6) is 0 Å². The van der Waals surface area contributed by atoms with Gasteiger partial charge in [0.1, 0.15) is 6.54 Å². The number of ether oxygens (including phenoxy) is 1. The zero-order chi connectivity index (χ0) is 10.3. The van der Waals surface area contributed by atoms with Crippen molar-refractivity contribution in [1.29, 1.82) is 0 Å². The number of amides is 1. The summed E-state index contributed by atoms with van der Waals surface area (Å²) in [6, 6.07) is 9.78. The van der Waals surface area contributed by atoms with Crippen LogP contribution in [0.25, 0.3) is 0 Å².